The van der Waals surface area contributed by atoms with Crippen molar-refractivity contribution in [2.24, 2.45) is 5.92 Å². The van der Waals surface area contributed by atoms with Gasteiger partial charge in [0.05, 0.1) is 12.8 Å². The number of aromatic amines is 1. The zero-order valence-corrected chi connectivity index (χ0v) is 17.0. The number of H-pyrrole nitrogens is 1. The molecule has 0 radical (unpaired) electrons. The maximum Gasteiger partial charge on any atom is 0.173 e. The fraction of sp³-hybridized carbons (Fsp3) is 0.160. The molecule has 0 atom stereocenters. The van der Waals surface area contributed by atoms with E-state index in [0.29, 0.717) is 41.0 Å². The minimum absolute atomic E-state index is 0.102. The third-order valence-electron chi connectivity index (χ3n) is 4.62. The van der Waals surface area contributed by atoms with Crippen LogP contribution in [0.5, 0.6) is 23.0 Å². The summed E-state index contributed by atoms with van der Waals surface area (Å²) >= 11 is 0. The maximum absolute atomic E-state index is 10.5. The smallest absolute Gasteiger partial charge is 0.173 e. The molecule has 0 aliphatic rings. The normalized spacial score (nSPS) is 10.9. The van der Waals surface area contributed by atoms with Crippen LogP contribution in [0.4, 0.5) is 0 Å². The summed E-state index contributed by atoms with van der Waals surface area (Å²) in [6, 6.07) is 23.3. The van der Waals surface area contributed by atoms with Crippen LogP contribution in [0, 0.1) is 5.92 Å². The van der Waals surface area contributed by atoms with Crippen molar-refractivity contribution in [2.45, 2.75) is 13.8 Å². The number of aromatic hydroxyl groups is 1. The molecule has 0 aliphatic carbocycles. The largest absolute Gasteiger partial charge is 0.507 e. The van der Waals surface area contributed by atoms with Gasteiger partial charge in [-0.15, -0.1) is 0 Å². The van der Waals surface area contributed by atoms with E-state index in [4.69, 9.17) is 9.47 Å². The third kappa shape index (κ3) is 4.46. The maximum atomic E-state index is 10.5. The lowest BCUT2D eigenvalue weighted by atomic mass is 10.1. The predicted molar refractivity (Wildman–Crippen MR) is 118 cm³/mol. The summed E-state index contributed by atoms with van der Waals surface area (Å²) in [6.07, 6.45) is 1.60. The van der Waals surface area contributed by atoms with Crippen molar-refractivity contribution >= 4 is 0 Å². The van der Waals surface area contributed by atoms with Crippen LogP contribution in [-0.2, 0) is 0 Å². The van der Waals surface area contributed by atoms with Gasteiger partial charge in [0.25, 0.3) is 0 Å². The molecule has 1 heterocycles. The Morgan fingerprint density at radius 1 is 0.900 bits per heavy atom. The van der Waals surface area contributed by atoms with Gasteiger partial charge in [0, 0.05) is 11.6 Å². The summed E-state index contributed by atoms with van der Waals surface area (Å²) in [5, 5.41) is 17.5. The molecule has 3 aromatic carbocycles. The lowest BCUT2D eigenvalue weighted by Crippen LogP contribution is -2.04. The monoisotopic (exact) mass is 400 g/mol. The molecule has 0 bridgehead atoms. The van der Waals surface area contributed by atoms with Crippen molar-refractivity contribution < 1.29 is 14.6 Å². The van der Waals surface area contributed by atoms with Gasteiger partial charge in [-0.3, -0.25) is 5.10 Å². The van der Waals surface area contributed by atoms with E-state index in [0.717, 1.165) is 11.1 Å². The number of benzene rings is 3. The van der Waals surface area contributed by atoms with E-state index in [2.05, 4.69) is 36.2 Å². The molecular formula is C25H24N2O3. The molecule has 0 saturated carbocycles. The number of ether oxygens (including phenoxy) is 2. The quantitative estimate of drug-likeness (QED) is 0.383. The standard InChI is InChI=1S/C25H24N2O3/c1-17(2)16-29-21-12-13-22(23(28)14-21)25-24(15-26-27-25)30-20-10-8-19(9-11-20)18-6-4-3-5-7-18/h3-15,17,28H,16H2,1-2H3,(H,26,27). The number of hydrogen-bond acceptors (Lipinski definition) is 4. The number of nitrogens with one attached hydrogen (secondary N) is 1. The second-order valence-electron chi connectivity index (χ2n) is 7.49. The second-order valence-corrected chi connectivity index (χ2v) is 7.49. The first-order valence-corrected chi connectivity index (χ1v) is 9.93. The van der Waals surface area contributed by atoms with Crippen LogP contribution >= 0.6 is 0 Å². The van der Waals surface area contributed by atoms with Crippen LogP contribution in [0.2, 0.25) is 0 Å². The summed E-state index contributed by atoms with van der Waals surface area (Å²) in [7, 11) is 0. The molecule has 4 aromatic rings. The van der Waals surface area contributed by atoms with Gasteiger partial charge in [0.1, 0.15) is 22.9 Å². The number of hydrogen-bond donors (Lipinski definition) is 2. The van der Waals surface area contributed by atoms with Crippen molar-refractivity contribution in [1.29, 1.82) is 0 Å². The number of rotatable bonds is 7. The lowest BCUT2D eigenvalue weighted by Gasteiger charge is -2.11. The highest BCUT2D eigenvalue weighted by Gasteiger charge is 2.15. The van der Waals surface area contributed by atoms with E-state index in [1.807, 2.05) is 48.5 Å². The van der Waals surface area contributed by atoms with Gasteiger partial charge in [-0.2, -0.15) is 5.10 Å². The van der Waals surface area contributed by atoms with Crippen LogP contribution in [0.3, 0.4) is 0 Å². The van der Waals surface area contributed by atoms with Gasteiger partial charge in [0.15, 0.2) is 5.75 Å². The third-order valence-corrected chi connectivity index (χ3v) is 4.62. The van der Waals surface area contributed by atoms with E-state index >= 15 is 0 Å². The SMILES string of the molecule is CC(C)COc1ccc(-c2[nH]ncc2Oc2ccc(-c3ccccc3)cc2)c(O)c1. The molecule has 0 amide bonds. The molecule has 0 aliphatic heterocycles. The molecule has 0 unspecified atom stereocenters. The molecule has 1 aromatic heterocycles. The zero-order chi connectivity index (χ0) is 20.9. The van der Waals surface area contributed by atoms with Crippen molar-refractivity contribution in [3.05, 3.63) is 79.0 Å². The molecule has 0 spiro atoms. The average Bonchev–Trinajstić information content (AvgIpc) is 3.21. The van der Waals surface area contributed by atoms with Gasteiger partial charge in [-0.1, -0.05) is 56.3 Å². The van der Waals surface area contributed by atoms with Gasteiger partial charge < -0.3 is 14.6 Å². The molecule has 152 valence electrons. The van der Waals surface area contributed by atoms with Crippen molar-refractivity contribution in [1.82, 2.24) is 10.2 Å². The van der Waals surface area contributed by atoms with Crippen LogP contribution in [0.1, 0.15) is 13.8 Å². The highest BCUT2D eigenvalue weighted by atomic mass is 16.5. The minimum atomic E-state index is 0.102. The Balaban J connectivity index is 1.52. The number of aromatic nitrogens is 2. The fourth-order valence-corrected chi connectivity index (χ4v) is 3.09. The molecular weight excluding hydrogens is 376 g/mol. The second kappa shape index (κ2) is 8.74. The van der Waals surface area contributed by atoms with E-state index in [9.17, 15) is 5.11 Å². The van der Waals surface area contributed by atoms with Crippen LogP contribution in [-0.4, -0.2) is 21.9 Å². The molecule has 2 N–H and O–H groups in total. The summed E-state index contributed by atoms with van der Waals surface area (Å²) in [5.74, 6) is 2.36. The van der Waals surface area contributed by atoms with E-state index in [1.54, 1.807) is 18.3 Å². The molecule has 4 rings (SSSR count). The molecule has 0 fully saturated rings. The van der Waals surface area contributed by atoms with Gasteiger partial charge in [-0.25, -0.2) is 0 Å². The van der Waals surface area contributed by atoms with E-state index < -0.39 is 0 Å². The Morgan fingerprint density at radius 2 is 1.60 bits per heavy atom. The summed E-state index contributed by atoms with van der Waals surface area (Å²) in [5.41, 5.74) is 3.47. The first kappa shape index (κ1) is 19.6. The first-order chi connectivity index (χ1) is 14.6. The predicted octanol–water partition coefficient (Wildman–Crippen LogP) is 6.28. The number of phenols is 1. The van der Waals surface area contributed by atoms with Crippen LogP contribution in [0.25, 0.3) is 22.4 Å². The average molecular weight is 400 g/mol. The van der Waals surface area contributed by atoms with Crippen molar-refractivity contribution in [3.63, 3.8) is 0 Å². The fourth-order valence-electron chi connectivity index (χ4n) is 3.09. The lowest BCUT2D eigenvalue weighted by molar-refractivity contribution is 0.270. The summed E-state index contributed by atoms with van der Waals surface area (Å²) < 4.78 is 11.7. The number of nitrogens with zero attached hydrogens (tertiary/aromatic N) is 1. The number of phenolic OH excluding ortho intramolecular Hbond substituents is 1. The van der Waals surface area contributed by atoms with E-state index in [1.165, 1.54) is 0 Å². The molecule has 5 heteroatoms. The topological polar surface area (TPSA) is 67.4 Å². The molecule has 5 nitrogen and oxygen atoms in total. The first-order valence-electron chi connectivity index (χ1n) is 9.93. The van der Waals surface area contributed by atoms with Gasteiger partial charge in [-0.05, 0) is 41.3 Å². The molecule has 30 heavy (non-hydrogen) atoms. The Labute approximate surface area is 175 Å². The minimum Gasteiger partial charge on any atom is -0.507 e. The Kier molecular flexibility index (Phi) is 5.70. The zero-order valence-electron chi connectivity index (χ0n) is 17.0. The van der Waals surface area contributed by atoms with Crippen LogP contribution in [0.15, 0.2) is 79.0 Å². The highest BCUT2D eigenvalue weighted by molar-refractivity contribution is 5.73. The highest BCUT2D eigenvalue weighted by Crippen LogP contribution is 2.38. The Morgan fingerprint density at radius 3 is 2.30 bits per heavy atom. The van der Waals surface area contributed by atoms with Crippen molar-refractivity contribution in [3.8, 4) is 45.4 Å². The Bertz CT molecular complexity index is 1100. The summed E-state index contributed by atoms with van der Waals surface area (Å²) in [4.78, 5) is 0. The summed E-state index contributed by atoms with van der Waals surface area (Å²) in [6.45, 7) is 4.75. The molecule has 0 saturated heterocycles. The van der Waals surface area contributed by atoms with Crippen LogP contribution < -0.4 is 9.47 Å². The Hall–Kier alpha value is -3.73. The van der Waals surface area contributed by atoms with E-state index in [-0.39, 0.29) is 5.75 Å². The van der Waals surface area contributed by atoms with Gasteiger partial charge in [0.2, 0.25) is 0 Å². The van der Waals surface area contributed by atoms with Gasteiger partial charge >= 0.3 is 0 Å². The van der Waals surface area contributed by atoms with Crippen molar-refractivity contribution in [2.75, 3.05) is 6.61 Å².